The predicted molar refractivity (Wildman–Crippen MR) is 290 cm³/mol. The molecule has 0 atom stereocenters. The van der Waals surface area contributed by atoms with Crippen LogP contribution in [0.1, 0.15) is 127 Å². The molecule has 8 rings (SSSR count). The number of aromatic nitrogens is 1. The number of esters is 6. The standard InChI is InChI=1S/C61H71NO14S/c1-5-53(63)70-32-10-8-7-9-31-69-46-25-27-47(28-26-46)73-59(66)43-21-23-45(24-22-43)61(68)76-50-30-29-49(55-56(50)77-57(62-55)52-37-48-39(4)35-38(3)36-51(48)74-52)75-60(67)44-19-15-41(16-20-44)40-13-17-42(18-14-40)58(65)72-34-12-11-33-71-54(64)6-2/h5-6,25-30,35-37,40-45H,1-2,7-24,31-34H2,3-4H3. The zero-order valence-corrected chi connectivity index (χ0v) is 45.2. The molecule has 3 fully saturated rings. The van der Waals surface area contributed by atoms with Gasteiger partial charge in [0.15, 0.2) is 22.3 Å². The molecule has 0 radical (unpaired) electrons. The van der Waals surface area contributed by atoms with Crippen LogP contribution in [0.15, 0.2) is 84.3 Å². The van der Waals surface area contributed by atoms with E-state index in [2.05, 4.69) is 19.2 Å². The molecule has 0 saturated heterocycles. The number of carbonyl (C=O) groups excluding carboxylic acids is 6. The van der Waals surface area contributed by atoms with E-state index in [1.54, 1.807) is 36.4 Å². The SMILES string of the molecule is C=CC(=O)OCCCCCCOc1ccc(OC(=O)C2CCC(C(=O)Oc3ccc(OC(=O)C4CCC(C5CCC(C(=O)OCCCCOC(=O)C=C)CC5)CC4)c4nc(-c5cc6c(C)cc(C)cc6o5)sc34)CC2)cc1. The monoisotopic (exact) mass is 1070 g/mol. The number of benzene rings is 3. The summed E-state index contributed by atoms with van der Waals surface area (Å²) in [4.78, 5) is 81.2. The van der Waals surface area contributed by atoms with Gasteiger partial charge in [-0.2, -0.15) is 0 Å². The summed E-state index contributed by atoms with van der Waals surface area (Å²) >= 11 is 1.30. The molecule has 15 nitrogen and oxygen atoms in total. The number of unbranched alkanes of at least 4 members (excludes halogenated alkanes) is 4. The first-order chi connectivity index (χ1) is 37.3. The number of nitrogens with zero attached hydrogens (tertiary/aromatic N) is 1. The van der Waals surface area contributed by atoms with E-state index in [0.717, 1.165) is 98.5 Å². The van der Waals surface area contributed by atoms with E-state index in [1.807, 2.05) is 26.0 Å². The van der Waals surface area contributed by atoms with Crippen LogP contribution in [0.4, 0.5) is 0 Å². The third-order valence-corrected chi connectivity index (χ3v) is 16.4. The lowest BCUT2D eigenvalue weighted by atomic mass is 9.69. The molecule has 0 aliphatic heterocycles. The molecule has 2 heterocycles. The van der Waals surface area contributed by atoms with Crippen molar-refractivity contribution in [1.82, 2.24) is 4.98 Å². The van der Waals surface area contributed by atoms with Crippen molar-refractivity contribution in [3.8, 4) is 33.8 Å². The number of furan rings is 1. The highest BCUT2D eigenvalue weighted by Gasteiger charge is 2.37. The number of thiazole rings is 1. The maximum Gasteiger partial charge on any atom is 0.330 e. The molecule has 3 saturated carbocycles. The molecule has 0 spiro atoms. The van der Waals surface area contributed by atoms with Crippen LogP contribution in [0, 0.1) is 49.4 Å². The molecule has 5 aromatic rings. The van der Waals surface area contributed by atoms with E-state index in [9.17, 15) is 28.8 Å². The van der Waals surface area contributed by atoms with Crippen molar-refractivity contribution < 1.29 is 66.3 Å². The van der Waals surface area contributed by atoms with Crippen molar-refractivity contribution in [2.24, 2.45) is 35.5 Å². The van der Waals surface area contributed by atoms with Crippen molar-refractivity contribution >= 4 is 68.3 Å². The molecular formula is C61H71NO14S. The van der Waals surface area contributed by atoms with Crippen molar-refractivity contribution in [3.05, 3.63) is 91.0 Å². The van der Waals surface area contributed by atoms with E-state index >= 15 is 0 Å². The molecule has 0 amide bonds. The van der Waals surface area contributed by atoms with E-state index in [0.29, 0.717) is 121 Å². The molecule has 77 heavy (non-hydrogen) atoms. The third-order valence-electron chi connectivity index (χ3n) is 15.3. The lowest BCUT2D eigenvalue weighted by molar-refractivity contribution is -0.151. The summed E-state index contributed by atoms with van der Waals surface area (Å²) < 4.78 is 46.4. The Morgan fingerprint density at radius 3 is 1.62 bits per heavy atom. The number of hydrogen-bond donors (Lipinski definition) is 0. The Balaban J connectivity index is 0.827. The number of aryl methyl sites for hydroxylation is 2. The van der Waals surface area contributed by atoms with Crippen LogP contribution in [-0.2, 0) is 43.0 Å². The molecule has 3 aliphatic carbocycles. The van der Waals surface area contributed by atoms with Gasteiger partial charge in [0.2, 0.25) is 0 Å². The zero-order valence-electron chi connectivity index (χ0n) is 44.4. The van der Waals surface area contributed by atoms with Crippen LogP contribution in [-0.4, -0.2) is 67.2 Å². The maximum atomic E-state index is 13.9. The minimum Gasteiger partial charge on any atom is -0.494 e. The molecular weight excluding hydrogens is 1000 g/mol. The molecule has 3 aliphatic rings. The summed E-state index contributed by atoms with van der Waals surface area (Å²) in [6, 6.07) is 16.3. The number of carbonyl (C=O) groups is 6. The van der Waals surface area contributed by atoms with Gasteiger partial charge in [0, 0.05) is 17.5 Å². The second-order valence-corrected chi connectivity index (χ2v) is 21.7. The van der Waals surface area contributed by atoms with Crippen molar-refractivity contribution in [2.75, 3.05) is 26.4 Å². The van der Waals surface area contributed by atoms with Crippen LogP contribution in [0.5, 0.6) is 23.0 Å². The average molecular weight is 1070 g/mol. The van der Waals surface area contributed by atoms with Crippen molar-refractivity contribution in [1.29, 1.82) is 0 Å². The number of fused-ring (bicyclic) bond motifs is 2. The van der Waals surface area contributed by atoms with Gasteiger partial charge in [0.25, 0.3) is 0 Å². The second-order valence-electron chi connectivity index (χ2n) is 20.8. The third kappa shape index (κ3) is 15.4. The van der Waals surface area contributed by atoms with Gasteiger partial charge in [0.1, 0.15) is 27.3 Å². The highest BCUT2D eigenvalue weighted by atomic mass is 32.1. The molecule has 16 heteroatoms. The Morgan fingerprint density at radius 2 is 1.04 bits per heavy atom. The van der Waals surface area contributed by atoms with Crippen LogP contribution < -0.4 is 18.9 Å². The van der Waals surface area contributed by atoms with E-state index in [-0.39, 0.29) is 48.0 Å². The molecule has 0 bridgehead atoms. The molecule has 410 valence electrons. The smallest absolute Gasteiger partial charge is 0.330 e. The van der Waals surface area contributed by atoms with Gasteiger partial charge in [-0.15, -0.1) is 11.3 Å². The largest absolute Gasteiger partial charge is 0.494 e. The van der Waals surface area contributed by atoms with E-state index in [1.165, 1.54) is 11.3 Å². The number of hydrogen-bond acceptors (Lipinski definition) is 16. The van der Waals surface area contributed by atoms with E-state index in [4.69, 9.17) is 42.6 Å². The molecule has 0 N–H and O–H groups in total. The van der Waals surface area contributed by atoms with Crippen molar-refractivity contribution in [2.45, 2.75) is 129 Å². The van der Waals surface area contributed by atoms with E-state index < -0.39 is 23.8 Å². The van der Waals surface area contributed by atoms with Gasteiger partial charge in [-0.25, -0.2) is 14.6 Å². The number of ether oxygens (including phenoxy) is 7. The van der Waals surface area contributed by atoms with Gasteiger partial charge < -0.3 is 37.6 Å². The summed E-state index contributed by atoms with van der Waals surface area (Å²) in [7, 11) is 0. The molecule has 0 unspecified atom stereocenters. The van der Waals surface area contributed by atoms with Gasteiger partial charge in [-0.1, -0.05) is 19.2 Å². The molecule has 2 aromatic heterocycles. The first-order valence-corrected chi connectivity index (χ1v) is 28.2. The minimum atomic E-state index is -0.458. The Bertz CT molecular complexity index is 2880. The van der Waals surface area contributed by atoms with Crippen LogP contribution >= 0.6 is 11.3 Å². The zero-order chi connectivity index (χ0) is 54.3. The first kappa shape index (κ1) is 56.4. The van der Waals surface area contributed by atoms with Gasteiger partial charge >= 0.3 is 35.8 Å². The Kier molecular flexibility index (Phi) is 20.1. The predicted octanol–water partition coefficient (Wildman–Crippen LogP) is 12.9. The normalized spacial score (nSPS) is 20.4. The highest BCUT2D eigenvalue weighted by molar-refractivity contribution is 7.22. The topological polar surface area (TPSA) is 193 Å². The maximum absolute atomic E-state index is 13.9. The fourth-order valence-corrected chi connectivity index (χ4v) is 11.9. The van der Waals surface area contributed by atoms with Gasteiger partial charge in [-0.05, 0) is 201 Å². The quantitative estimate of drug-likeness (QED) is 0.0186. The average Bonchev–Trinajstić information content (AvgIpc) is 4.12. The second kappa shape index (κ2) is 27.5. The van der Waals surface area contributed by atoms with Crippen molar-refractivity contribution in [3.63, 3.8) is 0 Å². The Labute approximate surface area is 454 Å². The Hall–Kier alpha value is -6.81. The fourth-order valence-electron chi connectivity index (χ4n) is 10.9. The van der Waals surface area contributed by atoms with Gasteiger partial charge in [0.05, 0.1) is 50.1 Å². The van der Waals surface area contributed by atoms with Crippen LogP contribution in [0.25, 0.3) is 32.0 Å². The summed E-state index contributed by atoms with van der Waals surface area (Å²) in [5.74, 6) is -0.0438. The number of rotatable bonds is 24. The molecule has 3 aromatic carbocycles. The minimum absolute atomic E-state index is 0.102. The van der Waals surface area contributed by atoms with Crippen LogP contribution in [0.2, 0.25) is 0 Å². The summed E-state index contributed by atoms with van der Waals surface area (Å²) in [6.45, 7) is 12.3. The summed E-state index contributed by atoms with van der Waals surface area (Å²) in [5.41, 5.74) is 3.28. The fraction of sp³-hybridized carbons (Fsp3) is 0.492. The highest BCUT2D eigenvalue weighted by Crippen LogP contribution is 2.45. The Morgan fingerprint density at radius 1 is 0.558 bits per heavy atom. The summed E-state index contributed by atoms with van der Waals surface area (Å²) in [6.07, 6.45) is 15.6. The lowest BCUT2D eigenvalue weighted by Gasteiger charge is -2.36. The lowest BCUT2D eigenvalue weighted by Crippen LogP contribution is -2.31. The van der Waals surface area contributed by atoms with Crippen LogP contribution in [0.3, 0.4) is 0 Å². The summed E-state index contributed by atoms with van der Waals surface area (Å²) in [5, 5.41) is 1.52. The van der Waals surface area contributed by atoms with Gasteiger partial charge in [-0.3, -0.25) is 19.2 Å². The first-order valence-electron chi connectivity index (χ1n) is 27.4.